The van der Waals surface area contributed by atoms with Crippen LogP contribution in [-0.4, -0.2) is 20.1 Å². The second-order valence-electron chi connectivity index (χ2n) is 4.64. The average Bonchev–Trinajstić information content (AvgIpc) is 3.04. The number of guanidine groups is 1. The van der Waals surface area contributed by atoms with Crippen molar-refractivity contribution in [2.45, 2.75) is 18.4 Å². The average molecular weight is 335 g/mol. The number of hydrogen-bond donors (Lipinski definition) is 3. The lowest BCUT2D eigenvalue weighted by Crippen LogP contribution is -2.23. The minimum atomic E-state index is -3.62. The number of rotatable bonds is 6. The van der Waals surface area contributed by atoms with Gasteiger partial charge < -0.3 is 15.9 Å². The van der Waals surface area contributed by atoms with E-state index in [1.54, 1.807) is 31.2 Å². The van der Waals surface area contributed by atoms with Gasteiger partial charge in [0.1, 0.15) is 5.76 Å². The Bertz CT molecular complexity index is 805. The minimum absolute atomic E-state index is 0.0854. The van der Waals surface area contributed by atoms with Crippen LogP contribution in [0, 0.1) is 0 Å². The van der Waals surface area contributed by atoms with E-state index in [1.807, 2.05) is 0 Å². The number of nitrogens with one attached hydrogen (secondary N) is 1. The Morgan fingerprint density at radius 1 is 1.17 bits per heavy atom. The van der Waals surface area contributed by atoms with Crippen molar-refractivity contribution >= 4 is 21.7 Å². The molecule has 2 aromatic rings. The molecule has 0 amide bonds. The Hall–Kier alpha value is -2.65. The molecule has 122 valence electrons. The van der Waals surface area contributed by atoms with Crippen molar-refractivity contribution in [3.63, 3.8) is 0 Å². The third-order valence-corrected chi connectivity index (χ3v) is 4.33. The van der Waals surface area contributed by atoms with Crippen molar-refractivity contribution in [1.29, 1.82) is 0 Å². The molecular formula is C14H17N5O3S. The highest BCUT2D eigenvalue weighted by atomic mass is 32.2. The van der Waals surface area contributed by atoms with Crippen LogP contribution in [0.3, 0.4) is 0 Å². The number of furan rings is 1. The zero-order chi connectivity index (χ0) is 16.9. The van der Waals surface area contributed by atoms with E-state index in [2.05, 4.69) is 14.9 Å². The molecule has 5 N–H and O–H groups in total. The number of nitrogens with two attached hydrogens (primary N) is 2. The van der Waals surface area contributed by atoms with Crippen molar-refractivity contribution in [3.8, 4) is 0 Å². The van der Waals surface area contributed by atoms with E-state index < -0.39 is 10.0 Å². The van der Waals surface area contributed by atoms with Crippen LogP contribution in [-0.2, 0) is 16.6 Å². The maximum Gasteiger partial charge on any atom is 0.240 e. The number of sulfonamides is 1. The van der Waals surface area contributed by atoms with Crippen LogP contribution in [0.5, 0.6) is 0 Å². The Morgan fingerprint density at radius 3 is 2.43 bits per heavy atom. The summed E-state index contributed by atoms with van der Waals surface area (Å²) < 4.78 is 31.9. The van der Waals surface area contributed by atoms with Crippen LogP contribution in [0.2, 0.25) is 0 Å². The van der Waals surface area contributed by atoms with E-state index in [0.717, 1.165) is 0 Å². The molecular weight excluding hydrogens is 318 g/mol. The van der Waals surface area contributed by atoms with Gasteiger partial charge in [-0.1, -0.05) is 12.1 Å². The largest absolute Gasteiger partial charge is 0.468 e. The van der Waals surface area contributed by atoms with E-state index in [0.29, 0.717) is 17.0 Å². The molecule has 0 unspecified atom stereocenters. The maximum atomic E-state index is 12.2. The van der Waals surface area contributed by atoms with Gasteiger partial charge in [0.2, 0.25) is 16.0 Å². The monoisotopic (exact) mass is 335 g/mol. The van der Waals surface area contributed by atoms with Gasteiger partial charge in [-0.2, -0.15) is 5.10 Å². The molecule has 0 aliphatic heterocycles. The Labute approximate surface area is 133 Å². The van der Waals surface area contributed by atoms with Gasteiger partial charge in [-0.25, -0.2) is 13.1 Å². The van der Waals surface area contributed by atoms with Crippen molar-refractivity contribution in [2.75, 3.05) is 0 Å². The number of nitrogens with zero attached hydrogens (tertiary/aromatic N) is 2. The van der Waals surface area contributed by atoms with Crippen molar-refractivity contribution < 1.29 is 12.8 Å². The molecule has 1 heterocycles. The maximum absolute atomic E-state index is 12.2. The zero-order valence-corrected chi connectivity index (χ0v) is 13.2. The molecule has 0 spiro atoms. The summed E-state index contributed by atoms with van der Waals surface area (Å²) in [6, 6.07) is 9.60. The van der Waals surface area contributed by atoms with Crippen LogP contribution in [0.25, 0.3) is 0 Å². The van der Waals surface area contributed by atoms with Crippen LogP contribution in [0.1, 0.15) is 18.2 Å². The second kappa shape index (κ2) is 7.07. The minimum Gasteiger partial charge on any atom is -0.468 e. The molecule has 0 fully saturated rings. The van der Waals surface area contributed by atoms with Crippen LogP contribution < -0.4 is 16.2 Å². The van der Waals surface area contributed by atoms with Crippen LogP contribution in [0.4, 0.5) is 0 Å². The fourth-order valence-electron chi connectivity index (χ4n) is 1.73. The van der Waals surface area contributed by atoms with E-state index in [4.69, 9.17) is 15.9 Å². The predicted octanol–water partition coefficient (Wildman–Crippen LogP) is 0.756. The molecule has 0 aliphatic carbocycles. The van der Waals surface area contributed by atoms with Crippen LogP contribution >= 0.6 is 0 Å². The highest BCUT2D eigenvalue weighted by Gasteiger charge is 2.14. The lowest BCUT2D eigenvalue weighted by molar-refractivity contribution is 0.498. The lowest BCUT2D eigenvalue weighted by atomic mass is 10.1. The molecule has 8 nitrogen and oxygen atoms in total. The third-order valence-electron chi connectivity index (χ3n) is 2.91. The molecule has 0 atom stereocenters. The highest BCUT2D eigenvalue weighted by Crippen LogP contribution is 2.12. The van der Waals surface area contributed by atoms with Crippen molar-refractivity contribution in [1.82, 2.24) is 4.72 Å². The molecule has 0 aliphatic rings. The smallest absolute Gasteiger partial charge is 0.240 e. The highest BCUT2D eigenvalue weighted by molar-refractivity contribution is 7.89. The second-order valence-corrected chi connectivity index (χ2v) is 6.41. The van der Waals surface area contributed by atoms with Crippen LogP contribution in [0.15, 0.2) is 62.2 Å². The van der Waals surface area contributed by atoms with Gasteiger partial charge >= 0.3 is 0 Å². The normalized spacial score (nSPS) is 12.1. The van der Waals surface area contributed by atoms with Gasteiger partial charge in [-0.3, -0.25) is 0 Å². The van der Waals surface area contributed by atoms with Gasteiger partial charge in [-0.05, 0) is 36.8 Å². The van der Waals surface area contributed by atoms with E-state index in [1.165, 1.54) is 18.4 Å². The summed E-state index contributed by atoms with van der Waals surface area (Å²) in [6.07, 6.45) is 1.48. The molecule has 0 bridgehead atoms. The van der Waals surface area contributed by atoms with Gasteiger partial charge in [0.25, 0.3) is 0 Å². The third kappa shape index (κ3) is 4.66. The van der Waals surface area contributed by atoms with Gasteiger partial charge in [0, 0.05) is 0 Å². The van der Waals surface area contributed by atoms with Gasteiger partial charge in [0.15, 0.2) is 0 Å². The summed E-state index contributed by atoms with van der Waals surface area (Å²) in [4.78, 5) is 0.141. The fourth-order valence-corrected chi connectivity index (χ4v) is 2.72. The summed E-state index contributed by atoms with van der Waals surface area (Å²) in [5.41, 5.74) is 11.7. The first-order valence-corrected chi connectivity index (χ1v) is 8.12. The number of benzene rings is 1. The molecule has 9 heteroatoms. The summed E-state index contributed by atoms with van der Waals surface area (Å²) in [7, 11) is -3.62. The summed E-state index contributed by atoms with van der Waals surface area (Å²) >= 11 is 0. The molecule has 0 radical (unpaired) electrons. The van der Waals surface area contributed by atoms with Crippen molar-refractivity contribution in [3.05, 3.63) is 54.0 Å². The fraction of sp³-hybridized carbons (Fsp3) is 0.143. The van der Waals surface area contributed by atoms with E-state index in [-0.39, 0.29) is 17.4 Å². The summed E-state index contributed by atoms with van der Waals surface area (Å²) in [5, 5.41) is 7.38. The number of hydrogen-bond acceptors (Lipinski definition) is 5. The molecule has 1 aromatic heterocycles. The first-order chi connectivity index (χ1) is 10.9. The first-order valence-electron chi connectivity index (χ1n) is 6.64. The SMILES string of the molecule is CC(=NN=C(N)N)c1ccc(S(=O)(=O)NCc2ccco2)cc1. The Kier molecular flexibility index (Phi) is 5.14. The molecule has 0 saturated carbocycles. The van der Waals surface area contributed by atoms with Crippen molar-refractivity contribution in [2.24, 2.45) is 21.7 Å². The first kappa shape index (κ1) is 16.7. The standard InChI is InChI=1S/C14H17N5O3S/c1-10(18-19-14(15)16)11-4-6-13(7-5-11)23(20,21)17-9-12-3-2-8-22-12/h2-8,17H,9H2,1H3,(H4,15,16,19). The Balaban J connectivity index is 2.12. The zero-order valence-electron chi connectivity index (χ0n) is 12.4. The van der Waals surface area contributed by atoms with Gasteiger partial charge in [-0.15, -0.1) is 5.10 Å². The molecule has 23 heavy (non-hydrogen) atoms. The quantitative estimate of drug-likeness (QED) is 0.406. The topological polar surface area (TPSA) is 136 Å². The summed E-state index contributed by atoms with van der Waals surface area (Å²) in [6.45, 7) is 1.80. The molecule has 2 rings (SSSR count). The van der Waals surface area contributed by atoms with E-state index in [9.17, 15) is 8.42 Å². The molecule has 0 saturated heterocycles. The van der Waals surface area contributed by atoms with E-state index >= 15 is 0 Å². The molecule has 1 aromatic carbocycles. The Morgan fingerprint density at radius 2 is 1.87 bits per heavy atom. The predicted molar refractivity (Wildman–Crippen MR) is 87.2 cm³/mol. The summed E-state index contributed by atoms with van der Waals surface area (Å²) in [5.74, 6) is 0.385. The lowest BCUT2D eigenvalue weighted by Gasteiger charge is -2.06. The van der Waals surface area contributed by atoms with Gasteiger partial charge in [0.05, 0.1) is 23.4 Å².